The molecule has 0 bridgehead atoms. The van der Waals surface area contributed by atoms with E-state index in [0.29, 0.717) is 6.42 Å². The number of Topliss-reactive ketones (excluding diaryl/α,β-unsaturated/α-hetero) is 1. The third kappa shape index (κ3) is 2.30. The second-order valence-corrected chi connectivity index (χ2v) is 9.42. The molecule has 0 saturated heterocycles. The van der Waals surface area contributed by atoms with Crippen molar-refractivity contribution in [1.82, 2.24) is 0 Å². The quantitative estimate of drug-likeness (QED) is 0.772. The number of aryl methyl sites for hydroxylation is 1. The Morgan fingerprint density at radius 2 is 2.00 bits per heavy atom. The van der Waals surface area contributed by atoms with E-state index in [1.54, 1.807) is 11.3 Å². The van der Waals surface area contributed by atoms with Gasteiger partial charge in [0.1, 0.15) is 0 Å². The minimum absolute atomic E-state index is 0.0212. The number of rotatable bonds is 1. The molecule has 0 fully saturated rings. The molecule has 1 aliphatic carbocycles. The topological polar surface area (TPSA) is 47.6 Å². The van der Waals surface area contributed by atoms with Gasteiger partial charge >= 0.3 is 0 Å². The first kappa shape index (κ1) is 15.9. The zero-order chi connectivity index (χ0) is 18.1. The van der Waals surface area contributed by atoms with Crippen molar-refractivity contribution in [1.29, 1.82) is 0 Å². The first-order valence-corrected chi connectivity index (χ1v) is 9.77. The van der Waals surface area contributed by atoms with Crippen molar-refractivity contribution < 1.29 is 14.3 Å². The summed E-state index contributed by atoms with van der Waals surface area (Å²) in [7, 11) is 0. The van der Waals surface area contributed by atoms with Crippen LogP contribution in [0.15, 0.2) is 35.5 Å². The summed E-state index contributed by atoms with van der Waals surface area (Å²) in [5, 5.41) is 3.55. The molecule has 0 saturated carbocycles. The fourth-order valence-corrected chi connectivity index (χ4v) is 5.37. The molecule has 1 aromatic carbocycles. The third-order valence-corrected chi connectivity index (χ3v) is 6.47. The number of hydrogen-bond donors (Lipinski definition) is 1. The summed E-state index contributed by atoms with van der Waals surface area (Å²) in [6, 6.07) is 8.27. The number of nitrogens with one attached hydrogen (secondary N) is 1. The number of hydrogen-bond acceptors (Lipinski definition) is 5. The highest BCUT2D eigenvalue weighted by atomic mass is 32.1. The molecule has 2 aliphatic heterocycles. The maximum absolute atomic E-state index is 13.2. The van der Waals surface area contributed by atoms with Crippen LogP contribution in [-0.4, -0.2) is 12.6 Å². The van der Waals surface area contributed by atoms with Gasteiger partial charge in [-0.1, -0.05) is 13.8 Å². The van der Waals surface area contributed by atoms with E-state index in [0.717, 1.165) is 40.4 Å². The predicted octanol–water partition coefficient (Wildman–Crippen LogP) is 4.99. The molecule has 3 aliphatic rings. The highest BCUT2D eigenvalue weighted by molar-refractivity contribution is 7.12. The Kier molecular flexibility index (Phi) is 3.29. The average molecular weight is 367 g/mol. The van der Waals surface area contributed by atoms with E-state index >= 15 is 0 Å². The summed E-state index contributed by atoms with van der Waals surface area (Å²) in [6.07, 6.45) is 1.46. The van der Waals surface area contributed by atoms with E-state index in [4.69, 9.17) is 9.47 Å². The summed E-state index contributed by atoms with van der Waals surface area (Å²) in [5.41, 5.74) is 4.01. The first-order chi connectivity index (χ1) is 12.4. The van der Waals surface area contributed by atoms with Crippen molar-refractivity contribution in [3.05, 3.63) is 50.9 Å². The zero-order valence-electron chi connectivity index (χ0n) is 15.1. The normalized spacial score (nSPS) is 22.7. The summed E-state index contributed by atoms with van der Waals surface area (Å²) in [5.74, 6) is 1.69. The number of allylic oxidation sites excluding steroid dienone is 2. The molecule has 0 spiro atoms. The SMILES string of the molecule is Cc1ccc(C2C3=C(CC(C)(C)CC3=O)Nc3ccc4c(c32)OCO4)s1. The van der Waals surface area contributed by atoms with Crippen molar-refractivity contribution in [3.8, 4) is 11.5 Å². The lowest BCUT2D eigenvalue weighted by Gasteiger charge is -2.39. The summed E-state index contributed by atoms with van der Waals surface area (Å²) in [4.78, 5) is 15.6. The van der Waals surface area contributed by atoms with E-state index < -0.39 is 0 Å². The van der Waals surface area contributed by atoms with Crippen molar-refractivity contribution in [2.75, 3.05) is 12.1 Å². The molecule has 1 aromatic heterocycles. The molecule has 2 aromatic rings. The van der Waals surface area contributed by atoms with Gasteiger partial charge in [-0.05, 0) is 43.0 Å². The maximum Gasteiger partial charge on any atom is 0.231 e. The van der Waals surface area contributed by atoms with Gasteiger partial charge in [0.25, 0.3) is 0 Å². The van der Waals surface area contributed by atoms with Crippen molar-refractivity contribution in [2.45, 2.75) is 39.5 Å². The van der Waals surface area contributed by atoms with Gasteiger partial charge in [-0.15, -0.1) is 11.3 Å². The van der Waals surface area contributed by atoms with E-state index in [1.807, 2.05) is 12.1 Å². The van der Waals surface area contributed by atoms with Gasteiger partial charge in [0, 0.05) is 38.7 Å². The third-order valence-electron chi connectivity index (χ3n) is 5.41. The second kappa shape index (κ2) is 5.36. The molecule has 3 heterocycles. The van der Waals surface area contributed by atoms with E-state index in [1.165, 1.54) is 9.75 Å². The number of fused-ring (bicyclic) bond motifs is 3. The molecular formula is C21H21NO3S. The number of benzene rings is 1. The molecule has 0 radical (unpaired) electrons. The van der Waals surface area contributed by atoms with Crippen LogP contribution in [0.25, 0.3) is 0 Å². The number of carbonyl (C=O) groups excluding carboxylic acids is 1. The van der Waals surface area contributed by atoms with Crippen LogP contribution in [0.4, 0.5) is 5.69 Å². The smallest absolute Gasteiger partial charge is 0.231 e. The van der Waals surface area contributed by atoms with E-state index in [2.05, 4.69) is 38.2 Å². The van der Waals surface area contributed by atoms with E-state index in [-0.39, 0.29) is 23.9 Å². The number of carbonyl (C=O) groups is 1. The Bertz CT molecular complexity index is 970. The molecule has 134 valence electrons. The minimum Gasteiger partial charge on any atom is -0.454 e. The van der Waals surface area contributed by atoms with Crippen LogP contribution in [0.3, 0.4) is 0 Å². The van der Waals surface area contributed by atoms with E-state index in [9.17, 15) is 4.79 Å². The lowest BCUT2D eigenvalue weighted by molar-refractivity contribution is -0.118. The van der Waals surface area contributed by atoms with Crippen molar-refractivity contribution in [2.24, 2.45) is 5.41 Å². The number of ketones is 1. The Balaban J connectivity index is 1.76. The Hall–Kier alpha value is -2.27. The monoisotopic (exact) mass is 367 g/mol. The molecule has 4 nitrogen and oxygen atoms in total. The fourth-order valence-electron chi connectivity index (χ4n) is 4.37. The van der Waals surface area contributed by atoms with Gasteiger partial charge in [0.15, 0.2) is 17.3 Å². The molecular weight excluding hydrogens is 346 g/mol. The molecule has 1 atom stereocenters. The fraction of sp³-hybridized carbons (Fsp3) is 0.381. The largest absolute Gasteiger partial charge is 0.454 e. The predicted molar refractivity (Wildman–Crippen MR) is 102 cm³/mol. The van der Waals surface area contributed by atoms with Crippen molar-refractivity contribution >= 4 is 22.8 Å². The molecule has 0 amide bonds. The molecule has 1 N–H and O–H groups in total. The number of ether oxygens (including phenoxy) is 2. The minimum atomic E-state index is -0.0831. The van der Waals surface area contributed by atoms with Crippen LogP contribution in [0.1, 0.15) is 47.9 Å². The number of thiophene rings is 1. The second-order valence-electron chi connectivity index (χ2n) is 8.10. The Morgan fingerprint density at radius 3 is 2.77 bits per heavy atom. The van der Waals surface area contributed by atoms with Crippen LogP contribution in [0.5, 0.6) is 11.5 Å². The highest BCUT2D eigenvalue weighted by Crippen LogP contribution is 2.55. The molecule has 1 unspecified atom stereocenters. The summed E-state index contributed by atoms with van der Waals surface area (Å²) >= 11 is 1.75. The van der Waals surface area contributed by atoms with Crippen LogP contribution < -0.4 is 14.8 Å². The standard InChI is InChI=1S/C21H21NO3S/c1-11-4-7-16(26-11)19-17-13(8-21(2,3)9-14(17)23)22-12-5-6-15-20(18(12)19)25-10-24-15/h4-7,19,22H,8-10H2,1-3H3. The Morgan fingerprint density at radius 1 is 1.15 bits per heavy atom. The van der Waals surface area contributed by atoms with Gasteiger partial charge in [-0.3, -0.25) is 4.79 Å². The van der Waals surface area contributed by atoms with Crippen molar-refractivity contribution in [3.63, 3.8) is 0 Å². The number of anilines is 1. The Labute approximate surface area is 156 Å². The van der Waals surface area contributed by atoms with Gasteiger partial charge in [0.2, 0.25) is 6.79 Å². The highest BCUT2D eigenvalue weighted by Gasteiger charge is 2.43. The lowest BCUT2D eigenvalue weighted by Crippen LogP contribution is -2.33. The maximum atomic E-state index is 13.2. The molecule has 5 rings (SSSR count). The van der Waals surface area contributed by atoms with Crippen LogP contribution in [0.2, 0.25) is 0 Å². The van der Waals surface area contributed by atoms with Gasteiger partial charge in [-0.25, -0.2) is 0 Å². The lowest BCUT2D eigenvalue weighted by atomic mass is 9.70. The molecule has 26 heavy (non-hydrogen) atoms. The van der Waals surface area contributed by atoms with Crippen LogP contribution >= 0.6 is 11.3 Å². The first-order valence-electron chi connectivity index (χ1n) is 8.95. The average Bonchev–Trinajstić information content (AvgIpc) is 3.20. The van der Waals surface area contributed by atoms with Crippen LogP contribution in [0, 0.1) is 12.3 Å². The zero-order valence-corrected chi connectivity index (χ0v) is 16.0. The summed E-state index contributed by atoms with van der Waals surface area (Å²) in [6.45, 7) is 6.66. The van der Waals surface area contributed by atoms with Gasteiger partial charge in [0.05, 0.1) is 5.92 Å². The van der Waals surface area contributed by atoms with Gasteiger partial charge in [-0.2, -0.15) is 0 Å². The molecule has 5 heteroatoms. The van der Waals surface area contributed by atoms with Gasteiger partial charge < -0.3 is 14.8 Å². The van der Waals surface area contributed by atoms with Crippen LogP contribution in [-0.2, 0) is 4.79 Å². The summed E-state index contributed by atoms with van der Waals surface area (Å²) < 4.78 is 11.4.